The Morgan fingerprint density at radius 3 is 2.72 bits per heavy atom. The Labute approximate surface area is 186 Å². The number of fused-ring (bicyclic) bond motifs is 1. The Morgan fingerprint density at radius 1 is 1.10 bits per heavy atom. The molecule has 1 atom stereocenters. The summed E-state index contributed by atoms with van der Waals surface area (Å²) in [7, 11) is 0. The van der Waals surface area contributed by atoms with E-state index in [9.17, 15) is 5.11 Å². The van der Waals surface area contributed by atoms with Crippen molar-refractivity contribution in [3.63, 3.8) is 0 Å². The molecular formula is C22H25BrN2O3S. The fraction of sp³-hybridized carbons (Fsp3) is 0.409. The minimum absolute atomic E-state index is 0. The van der Waals surface area contributed by atoms with Gasteiger partial charge in [0.2, 0.25) is 0 Å². The Hall–Kier alpha value is -1.70. The van der Waals surface area contributed by atoms with Crippen molar-refractivity contribution < 1.29 is 36.1 Å². The number of hydrogen-bond donors (Lipinski definition) is 1. The molecule has 0 fully saturated rings. The largest absolute Gasteiger partial charge is 1.00 e. The molecule has 2 aromatic carbocycles. The summed E-state index contributed by atoms with van der Waals surface area (Å²) in [6, 6.07) is 12.2. The van der Waals surface area contributed by atoms with E-state index in [1.54, 1.807) is 0 Å². The average Bonchev–Trinajstić information content (AvgIpc) is 3.04. The van der Waals surface area contributed by atoms with E-state index in [0.717, 1.165) is 35.2 Å². The molecule has 3 heterocycles. The van der Waals surface area contributed by atoms with Crippen LogP contribution in [0.3, 0.4) is 0 Å². The number of hydrogen-bond acceptors (Lipinski definition) is 5. The summed E-state index contributed by atoms with van der Waals surface area (Å²) in [6.07, 6.45) is 1.06. The summed E-state index contributed by atoms with van der Waals surface area (Å²) in [5.41, 5.74) is 3.45. The monoisotopic (exact) mass is 476 g/mol. The zero-order valence-corrected chi connectivity index (χ0v) is 19.1. The molecule has 1 N–H and O–H groups in total. The van der Waals surface area contributed by atoms with Gasteiger partial charge in [0.1, 0.15) is 18.9 Å². The summed E-state index contributed by atoms with van der Waals surface area (Å²) >= 11 is 1.83. The number of thioether (sulfide) groups is 1. The van der Waals surface area contributed by atoms with E-state index in [4.69, 9.17) is 9.47 Å². The van der Waals surface area contributed by atoms with Crippen LogP contribution in [0, 0.1) is 13.8 Å². The predicted molar refractivity (Wildman–Crippen MR) is 112 cm³/mol. The van der Waals surface area contributed by atoms with Crippen LogP contribution in [-0.2, 0) is 5.72 Å². The average molecular weight is 477 g/mol. The molecular weight excluding hydrogens is 452 g/mol. The molecule has 0 aliphatic carbocycles. The molecule has 5 rings (SSSR count). The lowest BCUT2D eigenvalue weighted by Gasteiger charge is -2.26. The van der Waals surface area contributed by atoms with Gasteiger partial charge < -0.3 is 31.6 Å². The molecule has 0 saturated carbocycles. The standard InChI is InChI=1S/C22H25N2O3S.BrH/c1-15-5-3-6-18(16(15)2)23-14-22(25,24-9-4-12-28-21(23)24)17-7-8-19-20(13-17)27-11-10-26-19;/h3,5-8,13,25H,4,9-12,14H2,1-2H3;1H/q+1;/p-1. The molecule has 0 amide bonds. The number of β-amino-alcohol motifs (C(OH)–C–C–N with tert-alkyl or cyclic N) is 1. The molecule has 154 valence electrons. The van der Waals surface area contributed by atoms with Gasteiger partial charge in [0, 0.05) is 11.3 Å². The molecule has 0 aromatic heterocycles. The summed E-state index contributed by atoms with van der Waals surface area (Å²) in [5.74, 6) is 2.54. The molecule has 3 aliphatic heterocycles. The lowest BCUT2D eigenvalue weighted by molar-refractivity contribution is -0.656. The second kappa shape index (κ2) is 7.85. The van der Waals surface area contributed by atoms with Crippen molar-refractivity contribution in [3.05, 3.63) is 53.1 Å². The Kier molecular flexibility index (Phi) is 5.57. The minimum atomic E-state index is -1.09. The Bertz CT molecular complexity index is 981. The van der Waals surface area contributed by atoms with Crippen molar-refractivity contribution in [2.75, 3.05) is 37.0 Å². The van der Waals surface area contributed by atoms with Crippen LogP contribution in [0.1, 0.15) is 23.1 Å². The quantitative estimate of drug-likeness (QED) is 0.629. The maximum atomic E-state index is 11.9. The molecule has 7 heteroatoms. The van der Waals surface area contributed by atoms with Crippen molar-refractivity contribution >= 4 is 22.6 Å². The molecule has 2 aromatic rings. The van der Waals surface area contributed by atoms with Gasteiger partial charge in [-0.05, 0) is 67.4 Å². The highest BCUT2D eigenvalue weighted by Gasteiger charge is 2.53. The third kappa shape index (κ3) is 3.33. The lowest BCUT2D eigenvalue weighted by atomic mass is 10.0. The normalized spacial score (nSPS) is 22.9. The van der Waals surface area contributed by atoms with E-state index < -0.39 is 5.72 Å². The van der Waals surface area contributed by atoms with E-state index in [2.05, 4.69) is 41.5 Å². The molecule has 0 bridgehead atoms. The van der Waals surface area contributed by atoms with Crippen LogP contribution < -0.4 is 31.4 Å². The number of anilines is 1. The second-order valence-corrected chi connectivity index (χ2v) is 8.68. The number of rotatable bonds is 2. The van der Waals surface area contributed by atoms with Gasteiger partial charge in [-0.15, -0.1) is 0 Å². The molecule has 5 nitrogen and oxygen atoms in total. The fourth-order valence-corrected chi connectivity index (χ4v) is 5.43. The summed E-state index contributed by atoms with van der Waals surface area (Å²) in [4.78, 5) is 2.28. The Morgan fingerprint density at radius 2 is 1.90 bits per heavy atom. The number of nitrogens with zero attached hydrogens (tertiary/aromatic N) is 2. The van der Waals surface area contributed by atoms with Crippen molar-refractivity contribution in [1.29, 1.82) is 0 Å². The highest BCUT2D eigenvalue weighted by molar-refractivity contribution is 8.13. The molecule has 1 unspecified atom stereocenters. The Balaban J connectivity index is 0.00000205. The molecule has 0 spiro atoms. The second-order valence-electron chi connectivity index (χ2n) is 7.62. The van der Waals surface area contributed by atoms with Crippen LogP contribution in [0.2, 0.25) is 0 Å². The highest BCUT2D eigenvalue weighted by Crippen LogP contribution is 2.41. The number of amidine groups is 1. The SMILES string of the molecule is Cc1cccc(N2CC(O)(c3ccc4c(c3)OCCO4)[N+]3=C2SCCC3)c1C.[Br-]. The predicted octanol–water partition coefficient (Wildman–Crippen LogP) is 0.249. The topological polar surface area (TPSA) is 44.9 Å². The van der Waals surface area contributed by atoms with Crippen LogP contribution >= 0.6 is 11.8 Å². The van der Waals surface area contributed by atoms with Crippen LogP contribution in [0.4, 0.5) is 5.69 Å². The molecule has 3 aliphatic rings. The minimum Gasteiger partial charge on any atom is -1.00 e. The maximum Gasteiger partial charge on any atom is 0.316 e. The van der Waals surface area contributed by atoms with Crippen LogP contribution in [0.25, 0.3) is 0 Å². The third-order valence-electron chi connectivity index (χ3n) is 5.92. The number of benzene rings is 2. The van der Waals surface area contributed by atoms with Crippen LogP contribution in [-0.4, -0.2) is 46.9 Å². The molecule has 0 saturated heterocycles. The molecule has 29 heavy (non-hydrogen) atoms. The lowest BCUT2D eigenvalue weighted by Crippen LogP contribution is -3.00. The number of halogens is 1. The number of aliphatic hydroxyl groups is 1. The van der Waals surface area contributed by atoms with E-state index >= 15 is 0 Å². The van der Waals surface area contributed by atoms with Crippen molar-refractivity contribution in [2.24, 2.45) is 0 Å². The van der Waals surface area contributed by atoms with Gasteiger partial charge >= 0.3 is 5.17 Å². The summed E-state index contributed by atoms with van der Waals surface area (Å²) < 4.78 is 13.6. The first kappa shape index (κ1) is 20.6. The van der Waals surface area contributed by atoms with E-state index in [1.807, 2.05) is 30.0 Å². The first-order valence-corrected chi connectivity index (χ1v) is 10.8. The fourth-order valence-electron chi connectivity index (χ4n) is 4.26. The van der Waals surface area contributed by atoms with Gasteiger partial charge in [-0.25, -0.2) is 9.48 Å². The zero-order chi connectivity index (χ0) is 19.3. The van der Waals surface area contributed by atoms with Gasteiger partial charge in [0.15, 0.2) is 18.0 Å². The van der Waals surface area contributed by atoms with Crippen molar-refractivity contribution in [3.8, 4) is 11.5 Å². The summed E-state index contributed by atoms with van der Waals surface area (Å²) in [6.45, 7) is 6.74. The summed E-state index contributed by atoms with van der Waals surface area (Å²) in [5, 5.41) is 13.0. The maximum absolute atomic E-state index is 11.9. The highest BCUT2D eigenvalue weighted by atomic mass is 79.9. The first-order chi connectivity index (χ1) is 13.6. The van der Waals surface area contributed by atoms with Gasteiger partial charge in [0.05, 0.1) is 6.54 Å². The number of aryl methyl sites for hydroxylation is 1. The smallest absolute Gasteiger partial charge is 0.316 e. The zero-order valence-electron chi connectivity index (χ0n) is 16.7. The van der Waals surface area contributed by atoms with Gasteiger partial charge in [-0.2, -0.15) is 0 Å². The van der Waals surface area contributed by atoms with E-state index in [1.165, 1.54) is 16.8 Å². The molecule has 0 radical (unpaired) electrons. The van der Waals surface area contributed by atoms with Gasteiger partial charge in [-0.3, -0.25) is 0 Å². The van der Waals surface area contributed by atoms with Crippen LogP contribution in [0.15, 0.2) is 36.4 Å². The van der Waals surface area contributed by atoms with Crippen LogP contribution in [0.5, 0.6) is 11.5 Å². The third-order valence-corrected chi connectivity index (χ3v) is 7.11. The first-order valence-electron chi connectivity index (χ1n) is 9.81. The van der Waals surface area contributed by atoms with Gasteiger partial charge in [-0.1, -0.05) is 12.1 Å². The van der Waals surface area contributed by atoms with Gasteiger partial charge in [0.25, 0.3) is 5.72 Å². The van der Waals surface area contributed by atoms with E-state index in [0.29, 0.717) is 25.5 Å². The van der Waals surface area contributed by atoms with E-state index in [-0.39, 0.29) is 17.0 Å². The number of ether oxygens (including phenoxy) is 2. The van der Waals surface area contributed by atoms with Crippen molar-refractivity contribution in [2.45, 2.75) is 26.0 Å². The van der Waals surface area contributed by atoms with Crippen molar-refractivity contribution in [1.82, 2.24) is 0 Å².